The van der Waals surface area contributed by atoms with Crippen molar-refractivity contribution in [1.29, 1.82) is 0 Å². The zero-order valence-corrected chi connectivity index (χ0v) is 36.0. The van der Waals surface area contributed by atoms with E-state index in [1.165, 1.54) is 13.8 Å². The summed E-state index contributed by atoms with van der Waals surface area (Å²) in [6.45, 7) is 29.3. The van der Waals surface area contributed by atoms with Gasteiger partial charge in [0.15, 0.2) is 12.2 Å². The summed E-state index contributed by atoms with van der Waals surface area (Å²) in [6.07, 6.45) is -1.70. The third-order valence-electron chi connectivity index (χ3n) is 8.88. The molecule has 2 aromatic carbocycles. The maximum absolute atomic E-state index is 12.9. The van der Waals surface area contributed by atoms with Gasteiger partial charge in [-0.3, -0.25) is 0 Å². The van der Waals surface area contributed by atoms with Gasteiger partial charge in [0.05, 0.1) is 0 Å². The lowest BCUT2D eigenvalue weighted by molar-refractivity contribution is -0.143. The minimum absolute atomic E-state index is 0.0109. The number of hydrogen-bond acceptors (Lipinski definition) is 10. The zero-order chi connectivity index (χ0) is 43.0. The highest BCUT2D eigenvalue weighted by Gasteiger charge is 2.25. The number of benzene rings is 2. The van der Waals surface area contributed by atoms with E-state index in [4.69, 9.17) is 28.4 Å². The van der Waals surface area contributed by atoms with Crippen LogP contribution in [0.25, 0.3) is 0 Å². The summed E-state index contributed by atoms with van der Waals surface area (Å²) >= 11 is 0. The molecule has 0 aliphatic rings. The van der Waals surface area contributed by atoms with Crippen LogP contribution in [-0.4, -0.2) is 75.9 Å². The van der Waals surface area contributed by atoms with Gasteiger partial charge in [0.1, 0.15) is 37.9 Å². The topological polar surface area (TPSA) is 148 Å². The van der Waals surface area contributed by atoms with Crippen molar-refractivity contribution in [2.75, 3.05) is 39.5 Å². The third-order valence-corrected chi connectivity index (χ3v) is 8.88. The number of carbonyl (C=O) groups is 4. The fraction of sp³-hybridized carbons (Fsp3) is 0.556. The lowest BCUT2D eigenvalue weighted by Crippen LogP contribution is -2.40. The van der Waals surface area contributed by atoms with Crippen molar-refractivity contribution in [3.8, 4) is 11.5 Å². The first-order valence-electron chi connectivity index (χ1n) is 19.5. The first-order valence-corrected chi connectivity index (χ1v) is 19.5. The van der Waals surface area contributed by atoms with Gasteiger partial charge in [-0.1, -0.05) is 99.7 Å². The Morgan fingerprint density at radius 1 is 0.614 bits per heavy atom. The van der Waals surface area contributed by atoms with Crippen molar-refractivity contribution in [3.63, 3.8) is 0 Å². The van der Waals surface area contributed by atoms with E-state index in [1.54, 1.807) is 0 Å². The molecule has 2 amide bonds. The van der Waals surface area contributed by atoms with E-state index in [0.717, 1.165) is 17.5 Å². The van der Waals surface area contributed by atoms with Crippen molar-refractivity contribution in [3.05, 3.63) is 84.0 Å². The van der Waals surface area contributed by atoms with Crippen molar-refractivity contribution < 1.29 is 47.6 Å². The SMILES string of the molecule is C=C(C)C(=O)OCC(COc1ccc(C(C)(C)C)cc1)OC(=O)NCCC(C)CC(C)(C)CNC(=O)OC(COC(=O)C(=C)C)COc1ccc(C(C)(C)C)cc1. The van der Waals surface area contributed by atoms with Gasteiger partial charge in [0, 0.05) is 24.2 Å². The number of rotatable bonds is 21. The van der Waals surface area contributed by atoms with E-state index in [0.29, 0.717) is 31.0 Å². The molecule has 3 unspecified atom stereocenters. The molecule has 0 aliphatic heterocycles. The quantitative estimate of drug-likeness (QED) is 0.0715. The normalized spacial score (nSPS) is 13.2. The molecule has 0 saturated carbocycles. The molecule has 0 fully saturated rings. The molecule has 0 aromatic heterocycles. The second-order valence-electron chi connectivity index (χ2n) is 17.5. The fourth-order valence-corrected chi connectivity index (χ4v) is 5.53. The minimum Gasteiger partial charge on any atom is -0.490 e. The van der Waals surface area contributed by atoms with Gasteiger partial charge in [0.25, 0.3) is 0 Å². The highest BCUT2D eigenvalue weighted by Crippen LogP contribution is 2.27. The number of hydrogen-bond donors (Lipinski definition) is 2. The first kappa shape index (κ1) is 48.1. The summed E-state index contributed by atoms with van der Waals surface area (Å²) in [6, 6.07) is 15.3. The Hall–Kier alpha value is -5.00. The lowest BCUT2D eigenvalue weighted by atomic mass is 9.82. The number of nitrogens with one attached hydrogen (secondary N) is 2. The molecule has 0 radical (unpaired) electrons. The molecule has 316 valence electrons. The van der Waals surface area contributed by atoms with Gasteiger partial charge in [-0.2, -0.15) is 0 Å². The largest absolute Gasteiger partial charge is 0.490 e. The second kappa shape index (κ2) is 22.1. The smallest absolute Gasteiger partial charge is 0.407 e. The summed E-state index contributed by atoms with van der Waals surface area (Å²) in [4.78, 5) is 49.8. The lowest BCUT2D eigenvalue weighted by Gasteiger charge is -2.29. The van der Waals surface area contributed by atoms with Crippen molar-refractivity contribution in [2.45, 2.75) is 112 Å². The highest BCUT2D eigenvalue weighted by atomic mass is 16.6. The molecule has 2 N–H and O–H groups in total. The fourth-order valence-electron chi connectivity index (χ4n) is 5.53. The van der Waals surface area contributed by atoms with E-state index < -0.39 is 36.3 Å². The Morgan fingerprint density at radius 3 is 1.37 bits per heavy atom. The van der Waals surface area contributed by atoms with Crippen LogP contribution in [0.1, 0.15) is 100 Å². The number of carbonyl (C=O) groups excluding carboxylic acids is 4. The van der Waals surface area contributed by atoms with E-state index >= 15 is 0 Å². The molecule has 0 bridgehead atoms. The molecule has 57 heavy (non-hydrogen) atoms. The molecule has 2 aromatic rings. The van der Waals surface area contributed by atoms with Gasteiger partial charge < -0.3 is 39.1 Å². The Balaban J connectivity index is 1.87. The van der Waals surface area contributed by atoms with Crippen LogP contribution in [0.3, 0.4) is 0 Å². The Bertz CT molecular complexity index is 1640. The molecule has 12 nitrogen and oxygen atoms in total. The molecular weight excluding hydrogens is 728 g/mol. The molecule has 0 aliphatic carbocycles. The summed E-state index contributed by atoms with van der Waals surface area (Å²) in [7, 11) is 0. The van der Waals surface area contributed by atoms with Gasteiger partial charge >= 0.3 is 24.1 Å². The standard InChI is InChI=1S/C45H66N2O10/c1-30(2)39(48)54-27-37(25-52-35-18-14-33(15-19-35)43(6,7)8)56-41(50)46-23-22-32(5)24-45(12,13)29-47-42(51)57-38(28-55-40(49)31(3)4)26-53-36-20-16-34(17-21-36)44(9,10)11/h14-21,32,37-38H,1,3,22-29H2,2,4-13H3,(H,46,50)(H,47,51). The van der Waals surface area contributed by atoms with E-state index in [9.17, 15) is 19.2 Å². The molecular formula is C45H66N2O10. The monoisotopic (exact) mass is 794 g/mol. The summed E-state index contributed by atoms with van der Waals surface area (Å²) in [5, 5.41) is 5.61. The van der Waals surface area contributed by atoms with E-state index in [-0.39, 0.29) is 59.7 Å². The van der Waals surface area contributed by atoms with Crippen LogP contribution in [0, 0.1) is 11.3 Å². The number of ether oxygens (including phenoxy) is 6. The van der Waals surface area contributed by atoms with Crippen LogP contribution in [0.5, 0.6) is 11.5 Å². The van der Waals surface area contributed by atoms with Crippen LogP contribution < -0.4 is 20.1 Å². The average molecular weight is 795 g/mol. The van der Waals surface area contributed by atoms with Crippen LogP contribution in [0.2, 0.25) is 0 Å². The predicted octanol–water partition coefficient (Wildman–Crippen LogP) is 8.61. The van der Waals surface area contributed by atoms with Gasteiger partial charge in [-0.15, -0.1) is 0 Å². The molecule has 0 spiro atoms. The van der Waals surface area contributed by atoms with Crippen LogP contribution in [0.15, 0.2) is 72.8 Å². The van der Waals surface area contributed by atoms with Gasteiger partial charge in [0.2, 0.25) is 0 Å². The summed E-state index contributed by atoms with van der Waals surface area (Å²) in [5.74, 6) is 0.174. The van der Waals surface area contributed by atoms with Crippen LogP contribution in [0.4, 0.5) is 9.59 Å². The zero-order valence-electron chi connectivity index (χ0n) is 36.0. The maximum Gasteiger partial charge on any atom is 0.407 e. The van der Waals surface area contributed by atoms with E-state index in [2.05, 4.69) is 72.3 Å². The van der Waals surface area contributed by atoms with E-state index in [1.807, 2.05) is 62.4 Å². The highest BCUT2D eigenvalue weighted by molar-refractivity contribution is 5.87. The molecule has 0 saturated heterocycles. The Labute approximate surface area is 340 Å². The Kier molecular flexibility index (Phi) is 18.6. The number of amides is 2. The van der Waals surface area contributed by atoms with Crippen LogP contribution >= 0.6 is 0 Å². The van der Waals surface area contributed by atoms with Gasteiger partial charge in [-0.25, -0.2) is 19.2 Å². The van der Waals surface area contributed by atoms with Crippen molar-refractivity contribution >= 4 is 24.1 Å². The third kappa shape index (κ3) is 19.1. The second-order valence-corrected chi connectivity index (χ2v) is 17.5. The molecule has 3 atom stereocenters. The average Bonchev–Trinajstić information content (AvgIpc) is 3.12. The van der Waals surface area contributed by atoms with Gasteiger partial charge in [-0.05, 0) is 84.2 Å². The molecule has 12 heteroatoms. The maximum atomic E-state index is 12.9. The first-order chi connectivity index (χ1) is 26.4. The van der Waals surface area contributed by atoms with Crippen molar-refractivity contribution in [1.82, 2.24) is 10.6 Å². The van der Waals surface area contributed by atoms with Crippen LogP contribution in [-0.2, 0) is 39.4 Å². The minimum atomic E-state index is -0.868. The molecule has 0 heterocycles. The van der Waals surface area contributed by atoms with Crippen molar-refractivity contribution in [2.24, 2.45) is 11.3 Å². The summed E-state index contributed by atoms with van der Waals surface area (Å²) in [5.41, 5.74) is 2.41. The Morgan fingerprint density at radius 2 is 1.00 bits per heavy atom. The number of alkyl carbamates (subject to hydrolysis) is 2. The summed E-state index contributed by atoms with van der Waals surface area (Å²) < 4.78 is 33.5. The predicted molar refractivity (Wildman–Crippen MR) is 222 cm³/mol. The number of esters is 2. The molecule has 2 rings (SSSR count).